The minimum Gasteiger partial charge on any atom is -0.354 e. The van der Waals surface area contributed by atoms with Crippen molar-refractivity contribution in [2.45, 2.75) is 26.3 Å². The summed E-state index contributed by atoms with van der Waals surface area (Å²) in [6.45, 7) is 4.26. The summed E-state index contributed by atoms with van der Waals surface area (Å²) in [5.74, 6) is -0.432. The average molecular weight is 398 g/mol. The molecule has 0 bridgehead atoms. The first-order valence-corrected chi connectivity index (χ1v) is 7.89. The summed E-state index contributed by atoms with van der Waals surface area (Å²) in [4.78, 5) is 23.5. The van der Waals surface area contributed by atoms with Crippen molar-refractivity contribution < 1.29 is 9.59 Å². The molecule has 1 rings (SSSR count). The van der Waals surface area contributed by atoms with Gasteiger partial charge in [0, 0.05) is 6.54 Å². The van der Waals surface area contributed by atoms with Gasteiger partial charge in [-0.05, 0) is 51.3 Å². The second-order valence-electron chi connectivity index (χ2n) is 3.72. The van der Waals surface area contributed by atoms with Crippen LogP contribution in [0.5, 0.6) is 0 Å². The molecule has 7 heteroatoms. The van der Waals surface area contributed by atoms with E-state index in [1.165, 1.54) is 11.3 Å². The first-order valence-electron chi connectivity index (χ1n) is 5.49. The van der Waals surface area contributed by atoms with E-state index in [9.17, 15) is 9.59 Å². The fourth-order valence-electron chi connectivity index (χ4n) is 1.24. The maximum absolute atomic E-state index is 11.9. The highest BCUT2D eigenvalue weighted by molar-refractivity contribution is 9.12. The molecule has 1 aromatic heterocycles. The summed E-state index contributed by atoms with van der Waals surface area (Å²) < 4.78 is 1.61. The normalized spacial score (nSPS) is 12.0. The van der Waals surface area contributed by atoms with Crippen molar-refractivity contribution in [2.24, 2.45) is 0 Å². The Morgan fingerprint density at radius 3 is 2.61 bits per heavy atom. The van der Waals surface area contributed by atoms with E-state index in [1.54, 1.807) is 13.0 Å². The monoisotopic (exact) mass is 396 g/mol. The Hall–Kier alpha value is -0.400. The molecule has 0 aliphatic heterocycles. The number of halogens is 2. The van der Waals surface area contributed by atoms with Crippen LogP contribution < -0.4 is 10.6 Å². The fourth-order valence-corrected chi connectivity index (χ4v) is 4.03. The smallest absolute Gasteiger partial charge is 0.253 e. The highest BCUT2D eigenvalue weighted by Gasteiger charge is 2.19. The second kappa shape index (κ2) is 7.25. The number of nitrogens with one attached hydrogen (secondary N) is 2. The lowest BCUT2D eigenvalue weighted by Crippen LogP contribution is -2.44. The molecule has 2 amide bonds. The van der Waals surface area contributed by atoms with Gasteiger partial charge in [-0.15, -0.1) is 11.3 Å². The Labute approximate surface area is 127 Å². The number of rotatable bonds is 5. The van der Waals surface area contributed by atoms with Crippen LogP contribution in [0.25, 0.3) is 0 Å². The third-order valence-corrected chi connectivity index (χ3v) is 4.53. The number of thiophene rings is 1. The SMILES string of the molecule is CCCNC(=O)[C@H](C)NC(=O)c1cc(Br)sc1Br. The van der Waals surface area contributed by atoms with Crippen LogP contribution in [0.3, 0.4) is 0 Å². The van der Waals surface area contributed by atoms with Crippen LogP contribution in [0.1, 0.15) is 30.6 Å². The van der Waals surface area contributed by atoms with Crippen molar-refractivity contribution in [3.8, 4) is 0 Å². The summed E-state index contributed by atoms with van der Waals surface area (Å²) in [5.41, 5.74) is 0.530. The Bertz CT molecular complexity index is 448. The molecule has 0 saturated heterocycles. The topological polar surface area (TPSA) is 58.2 Å². The zero-order valence-corrected chi connectivity index (χ0v) is 14.0. The quantitative estimate of drug-likeness (QED) is 0.802. The summed E-state index contributed by atoms with van der Waals surface area (Å²) in [6, 6.07) is 1.18. The van der Waals surface area contributed by atoms with Crippen molar-refractivity contribution in [3.63, 3.8) is 0 Å². The van der Waals surface area contributed by atoms with Crippen molar-refractivity contribution in [1.29, 1.82) is 0 Å². The number of carbonyl (C=O) groups is 2. The van der Waals surface area contributed by atoms with Gasteiger partial charge in [-0.1, -0.05) is 6.92 Å². The van der Waals surface area contributed by atoms with Crippen molar-refractivity contribution in [2.75, 3.05) is 6.54 Å². The molecule has 0 unspecified atom stereocenters. The van der Waals surface area contributed by atoms with Crippen LogP contribution in [0, 0.1) is 0 Å². The molecule has 0 saturated carbocycles. The standard InChI is InChI=1S/C11H14Br2N2O2S/c1-3-4-14-10(16)6(2)15-11(17)7-5-8(12)18-9(7)13/h5-6H,3-4H2,1-2H3,(H,14,16)(H,15,17)/t6-/m0/s1. The fraction of sp³-hybridized carbons (Fsp3) is 0.455. The molecule has 0 fully saturated rings. The van der Waals surface area contributed by atoms with Gasteiger partial charge in [-0.3, -0.25) is 9.59 Å². The Balaban J connectivity index is 2.59. The van der Waals surface area contributed by atoms with E-state index >= 15 is 0 Å². The van der Waals surface area contributed by atoms with Crippen molar-refractivity contribution in [3.05, 3.63) is 19.2 Å². The van der Waals surface area contributed by atoms with Crippen LogP contribution in [0.15, 0.2) is 13.6 Å². The van der Waals surface area contributed by atoms with Gasteiger partial charge >= 0.3 is 0 Å². The van der Waals surface area contributed by atoms with Gasteiger partial charge in [-0.25, -0.2) is 0 Å². The summed E-state index contributed by atoms with van der Waals surface area (Å²) in [7, 11) is 0. The average Bonchev–Trinajstić information content (AvgIpc) is 2.65. The van der Waals surface area contributed by atoms with Gasteiger partial charge < -0.3 is 10.6 Å². The molecule has 18 heavy (non-hydrogen) atoms. The van der Waals surface area contributed by atoms with E-state index in [2.05, 4.69) is 42.5 Å². The summed E-state index contributed by atoms with van der Waals surface area (Å²) in [6.07, 6.45) is 0.870. The van der Waals surface area contributed by atoms with Crippen molar-refractivity contribution >= 4 is 55.0 Å². The lowest BCUT2D eigenvalue weighted by Gasteiger charge is -2.13. The number of amides is 2. The molecule has 100 valence electrons. The van der Waals surface area contributed by atoms with E-state index in [0.717, 1.165) is 14.0 Å². The molecule has 4 nitrogen and oxygen atoms in total. The van der Waals surface area contributed by atoms with Gasteiger partial charge in [0.2, 0.25) is 5.91 Å². The number of hydrogen-bond acceptors (Lipinski definition) is 3. The van der Waals surface area contributed by atoms with E-state index in [-0.39, 0.29) is 11.8 Å². The minimum absolute atomic E-state index is 0.171. The minimum atomic E-state index is -0.547. The largest absolute Gasteiger partial charge is 0.354 e. The highest BCUT2D eigenvalue weighted by atomic mass is 79.9. The van der Waals surface area contributed by atoms with E-state index in [0.29, 0.717) is 12.1 Å². The van der Waals surface area contributed by atoms with Crippen LogP contribution >= 0.6 is 43.2 Å². The maximum Gasteiger partial charge on any atom is 0.253 e. The van der Waals surface area contributed by atoms with Crippen LogP contribution in [-0.2, 0) is 4.79 Å². The van der Waals surface area contributed by atoms with Gasteiger partial charge in [0.25, 0.3) is 5.91 Å². The van der Waals surface area contributed by atoms with E-state index in [4.69, 9.17) is 0 Å². The van der Waals surface area contributed by atoms with Gasteiger partial charge in [0.15, 0.2) is 0 Å². The van der Waals surface area contributed by atoms with Crippen LogP contribution in [-0.4, -0.2) is 24.4 Å². The number of hydrogen-bond donors (Lipinski definition) is 2. The van der Waals surface area contributed by atoms with Gasteiger partial charge in [-0.2, -0.15) is 0 Å². The summed E-state index contributed by atoms with van der Waals surface area (Å²) >= 11 is 8.04. The van der Waals surface area contributed by atoms with Crippen LogP contribution in [0.2, 0.25) is 0 Å². The molecule has 0 radical (unpaired) electrons. The molecule has 0 aliphatic carbocycles. The van der Waals surface area contributed by atoms with Gasteiger partial charge in [0.1, 0.15) is 6.04 Å². The molecule has 2 N–H and O–H groups in total. The molecule has 0 aromatic carbocycles. The van der Waals surface area contributed by atoms with Crippen molar-refractivity contribution in [1.82, 2.24) is 10.6 Å². The molecule has 0 spiro atoms. The van der Waals surface area contributed by atoms with E-state index < -0.39 is 6.04 Å². The third kappa shape index (κ3) is 4.37. The molecule has 1 heterocycles. The Morgan fingerprint density at radius 2 is 2.11 bits per heavy atom. The van der Waals surface area contributed by atoms with Crippen LogP contribution in [0.4, 0.5) is 0 Å². The second-order valence-corrected chi connectivity index (χ2v) is 7.47. The zero-order valence-electron chi connectivity index (χ0n) is 10.0. The van der Waals surface area contributed by atoms with E-state index in [1.807, 2.05) is 6.92 Å². The molecular weight excluding hydrogens is 384 g/mol. The third-order valence-electron chi connectivity index (χ3n) is 2.19. The Kier molecular flexibility index (Phi) is 6.31. The molecule has 1 atom stereocenters. The highest BCUT2D eigenvalue weighted by Crippen LogP contribution is 2.31. The molecule has 1 aromatic rings. The number of carbonyl (C=O) groups excluding carboxylic acids is 2. The maximum atomic E-state index is 11.9. The Morgan fingerprint density at radius 1 is 1.44 bits per heavy atom. The zero-order chi connectivity index (χ0) is 13.7. The van der Waals surface area contributed by atoms with Gasteiger partial charge in [0.05, 0.1) is 13.1 Å². The molecule has 0 aliphatic rings. The predicted octanol–water partition coefficient (Wildman–Crippen LogP) is 2.92. The lowest BCUT2D eigenvalue weighted by atomic mass is 10.2. The molecular formula is C11H14Br2N2O2S. The summed E-state index contributed by atoms with van der Waals surface area (Å²) in [5, 5.41) is 5.40. The first-order chi connectivity index (χ1) is 8.45. The lowest BCUT2D eigenvalue weighted by molar-refractivity contribution is -0.122. The first kappa shape index (κ1) is 15.7. The predicted molar refractivity (Wildman–Crippen MR) is 79.9 cm³/mol.